The van der Waals surface area contributed by atoms with E-state index in [2.05, 4.69) is 5.32 Å². The molecule has 5 nitrogen and oxygen atoms in total. The first-order valence-corrected chi connectivity index (χ1v) is 8.41. The van der Waals surface area contributed by atoms with Crippen molar-refractivity contribution in [3.8, 4) is 0 Å². The van der Waals surface area contributed by atoms with Crippen LogP contribution in [0.1, 0.15) is 6.42 Å². The van der Waals surface area contributed by atoms with Crippen molar-refractivity contribution in [3.63, 3.8) is 0 Å². The SMILES string of the molecule is Nc1cc(S(N)(=O)=O)ccc1NCC1CCSC1. The third-order valence-corrected chi connectivity index (χ3v) is 5.10. The normalized spacial score (nSPS) is 19.9. The van der Waals surface area contributed by atoms with Crippen molar-refractivity contribution in [3.05, 3.63) is 18.2 Å². The molecule has 0 saturated carbocycles. The first-order valence-electron chi connectivity index (χ1n) is 5.71. The van der Waals surface area contributed by atoms with Gasteiger partial charge in [-0.05, 0) is 42.0 Å². The van der Waals surface area contributed by atoms with Crippen LogP contribution in [0.25, 0.3) is 0 Å². The Morgan fingerprint density at radius 1 is 1.44 bits per heavy atom. The van der Waals surface area contributed by atoms with Crippen molar-refractivity contribution >= 4 is 33.2 Å². The number of nitrogen functional groups attached to an aromatic ring is 1. The first-order chi connectivity index (χ1) is 8.47. The molecule has 0 amide bonds. The molecule has 1 aliphatic heterocycles. The van der Waals surface area contributed by atoms with Crippen LogP contribution in [0.5, 0.6) is 0 Å². The number of thioether (sulfide) groups is 1. The van der Waals surface area contributed by atoms with E-state index in [1.807, 2.05) is 11.8 Å². The molecule has 1 saturated heterocycles. The molecule has 1 heterocycles. The number of sulfonamides is 1. The Morgan fingerprint density at radius 3 is 2.78 bits per heavy atom. The van der Waals surface area contributed by atoms with Gasteiger partial charge in [-0.25, -0.2) is 13.6 Å². The Balaban J connectivity index is 2.05. The van der Waals surface area contributed by atoms with Gasteiger partial charge >= 0.3 is 0 Å². The molecular formula is C11H17N3O2S2. The zero-order valence-electron chi connectivity index (χ0n) is 9.93. The van der Waals surface area contributed by atoms with Crippen molar-refractivity contribution in [2.45, 2.75) is 11.3 Å². The summed E-state index contributed by atoms with van der Waals surface area (Å²) >= 11 is 1.96. The highest BCUT2D eigenvalue weighted by Crippen LogP contribution is 2.26. The van der Waals surface area contributed by atoms with Crippen LogP contribution in [0.3, 0.4) is 0 Å². The number of nitrogens with one attached hydrogen (secondary N) is 1. The number of benzene rings is 1. The van der Waals surface area contributed by atoms with Gasteiger partial charge in [-0.15, -0.1) is 0 Å². The quantitative estimate of drug-likeness (QED) is 0.720. The van der Waals surface area contributed by atoms with Crippen LogP contribution < -0.4 is 16.2 Å². The van der Waals surface area contributed by atoms with E-state index in [-0.39, 0.29) is 4.90 Å². The van der Waals surface area contributed by atoms with Gasteiger partial charge in [0.25, 0.3) is 0 Å². The summed E-state index contributed by atoms with van der Waals surface area (Å²) < 4.78 is 22.3. The molecule has 0 bridgehead atoms. The fourth-order valence-electron chi connectivity index (χ4n) is 1.88. The van der Waals surface area contributed by atoms with E-state index in [1.54, 1.807) is 6.07 Å². The van der Waals surface area contributed by atoms with Crippen LogP contribution in [0.2, 0.25) is 0 Å². The number of hydrogen-bond acceptors (Lipinski definition) is 5. The number of anilines is 2. The van der Waals surface area contributed by atoms with Crippen LogP contribution in [0, 0.1) is 5.92 Å². The van der Waals surface area contributed by atoms with Gasteiger partial charge in [0, 0.05) is 6.54 Å². The summed E-state index contributed by atoms with van der Waals surface area (Å²) in [6.45, 7) is 0.867. The van der Waals surface area contributed by atoms with Gasteiger partial charge in [0.1, 0.15) is 0 Å². The van der Waals surface area contributed by atoms with Crippen molar-refractivity contribution in [2.24, 2.45) is 11.1 Å². The van der Waals surface area contributed by atoms with Crippen LogP contribution in [-0.2, 0) is 10.0 Å². The monoisotopic (exact) mass is 287 g/mol. The van der Waals surface area contributed by atoms with Crippen molar-refractivity contribution in [1.29, 1.82) is 0 Å². The molecule has 1 aromatic carbocycles. The summed E-state index contributed by atoms with van der Waals surface area (Å²) in [5, 5.41) is 8.30. The molecule has 0 radical (unpaired) electrons. The van der Waals surface area contributed by atoms with Crippen LogP contribution >= 0.6 is 11.8 Å². The lowest BCUT2D eigenvalue weighted by molar-refractivity contribution is 0.598. The number of rotatable bonds is 4. The van der Waals surface area contributed by atoms with Crippen LogP contribution in [-0.4, -0.2) is 26.5 Å². The molecule has 1 unspecified atom stereocenters. The fraction of sp³-hybridized carbons (Fsp3) is 0.455. The largest absolute Gasteiger partial charge is 0.397 e. The minimum absolute atomic E-state index is 0.0435. The zero-order valence-corrected chi connectivity index (χ0v) is 11.6. The van der Waals surface area contributed by atoms with Gasteiger partial charge in [0.2, 0.25) is 10.0 Å². The molecule has 18 heavy (non-hydrogen) atoms. The summed E-state index contributed by atoms with van der Waals surface area (Å²) in [7, 11) is -3.68. The molecule has 7 heteroatoms. The molecule has 0 aliphatic carbocycles. The molecule has 0 aromatic heterocycles. The average Bonchev–Trinajstić information content (AvgIpc) is 2.79. The van der Waals surface area contributed by atoms with Gasteiger partial charge in [-0.2, -0.15) is 11.8 Å². The maximum Gasteiger partial charge on any atom is 0.238 e. The number of hydrogen-bond donors (Lipinski definition) is 3. The smallest absolute Gasteiger partial charge is 0.238 e. The van der Waals surface area contributed by atoms with E-state index in [9.17, 15) is 8.42 Å². The lowest BCUT2D eigenvalue weighted by atomic mass is 10.1. The summed E-state index contributed by atoms with van der Waals surface area (Å²) in [5.41, 5.74) is 6.99. The van der Waals surface area contributed by atoms with E-state index in [0.29, 0.717) is 11.6 Å². The van der Waals surface area contributed by atoms with Crippen molar-refractivity contribution < 1.29 is 8.42 Å². The maximum absolute atomic E-state index is 11.2. The molecule has 1 aliphatic rings. The van der Waals surface area contributed by atoms with Gasteiger partial charge in [-0.3, -0.25) is 0 Å². The third-order valence-electron chi connectivity index (χ3n) is 2.96. The molecular weight excluding hydrogens is 270 g/mol. The van der Waals surface area contributed by atoms with E-state index in [4.69, 9.17) is 10.9 Å². The maximum atomic E-state index is 11.2. The second kappa shape index (κ2) is 5.38. The third kappa shape index (κ3) is 3.30. The molecule has 0 spiro atoms. The number of nitrogens with two attached hydrogens (primary N) is 2. The van der Waals surface area contributed by atoms with E-state index < -0.39 is 10.0 Å². The predicted molar refractivity (Wildman–Crippen MR) is 76.1 cm³/mol. The highest BCUT2D eigenvalue weighted by atomic mass is 32.2. The molecule has 100 valence electrons. The Labute approximate surface area is 111 Å². The first kappa shape index (κ1) is 13.5. The fourth-order valence-corrected chi connectivity index (χ4v) is 3.71. The van der Waals surface area contributed by atoms with Crippen LogP contribution in [0.15, 0.2) is 23.1 Å². The molecule has 1 atom stereocenters. The van der Waals surface area contributed by atoms with Crippen LogP contribution in [0.4, 0.5) is 11.4 Å². The Morgan fingerprint density at radius 2 is 2.22 bits per heavy atom. The minimum atomic E-state index is -3.68. The minimum Gasteiger partial charge on any atom is -0.397 e. The second-order valence-corrected chi connectivity index (χ2v) is 7.12. The highest BCUT2D eigenvalue weighted by molar-refractivity contribution is 7.99. The Hall–Kier alpha value is -0.920. The summed E-state index contributed by atoms with van der Waals surface area (Å²) in [5.74, 6) is 3.04. The predicted octanol–water partition coefficient (Wildman–Crippen LogP) is 1.08. The lowest BCUT2D eigenvalue weighted by Crippen LogP contribution is -2.15. The van der Waals surface area contributed by atoms with E-state index in [1.165, 1.54) is 30.1 Å². The molecule has 1 fully saturated rings. The lowest BCUT2D eigenvalue weighted by Gasteiger charge is -2.13. The molecule has 5 N–H and O–H groups in total. The number of primary sulfonamides is 1. The highest BCUT2D eigenvalue weighted by Gasteiger charge is 2.16. The molecule has 1 aromatic rings. The van der Waals surface area contributed by atoms with Crippen molar-refractivity contribution in [1.82, 2.24) is 0 Å². The van der Waals surface area contributed by atoms with Gasteiger partial charge in [0.15, 0.2) is 0 Å². The Kier molecular flexibility index (Phi) is 4.04. The molecule has 2 rings (SSSR count). The van der Waals surface area contributed by atoms with Gasteiger partial charge in [0.05, 0.1) is 16.3 Å². The van der Waals surface area contributed by atoms with Crippen molar-refractivity contribution in [2.75, 3.05) is 29.1 Å². The zero-order chi connectivity index (χ0) is 13.2. The summed E-state index contributed by atoms with van der Waals surface area (Å²) in [4.78, 5) is 0.0435. The van der Waals surface area contributed by atoms with Gasteiger partial charge in [-0.1, -0.05) is 0 Å². The standard InChI is InChI=1S/C11H17N3O2S2/c12-10-5-9(18(13,15)16)1-2-11(10)14-6-8-3-4-17-7-8/h1-2,5,8,14H,3-4,6-7,12H2,(H2,13,15,16). The topological polar surface area (TPSA) is 98.2 Å². The van der Waals surface area contributed by atoms with E-state index in [0.717, 1.165) is 12.2 Å². The summed E-state index contributed by atoms with van der Waals surface area (Å²) in [6.07, 6.45) is 1.22. The van der Waals surface area contributed by atoms with Gasteiger partial charge < -0.3 is 11.1 Å². The Bertz CT molecular complexity index is 525. The van der Waals surface area contributed by atoms with E-state index >= 15 is 0 Å². The second-order valence-electron chi connectivity index (χ2n) is 4.40. The summed E-state index contributed by atoms with van der Waals surface area (Å²) in [6, 6.07) is 4.52. The average molecular weight is 287 g/mol.